The van der Waals surface area contributed by atoms with Gasteiger partial charge in [-0.25, -0.2) is 0 Å². The van der Waals surface area contributed by atoms with Crippen molar-refractivity contribution in [2.45, 2.75) is 64.8 Å². The molecular formula is C14H29NO3. The number of aliphatic hydroxyl groups excluding tert-OH is 1. The minimum absolute atomic E-state index is 0.176. The molecule has 1 saturated heterocycles. The summed E-state index contributed by atoms with van der Waals surface area (Å²) in [5.41, 5.74) is 0. The van der Waals surface area contributed by atoms with Crippen LogP contribution >= 0.6 is 0 Å². The molecule has 1 rings (SSSR count). The molecule has 1 heterocycles. The van der Waals surface area contributed by atoms with E-state index in [1.54, 1.807) is 0 Å². The Bertz CT molecular complexity index is 215. The Morgan fingerprint density at radius 1 is 1.22 bits per heavy atom. The zero-order valence-corrected chi connectivity index (χ0v) is 12.3. The Morgan fingerprint density at radius 2 is 1.83 bits per heavy atom. The van der Waals surface area contributed by atoms with Crippen LogP contribution in [-0.2, 0) is 9.47 Å². The molecule has 4 heteroatoms. The lowest BCUT2D eigenvalue weighted by molar-refractivity contribution is -0.0351. The quantitative estimate of drug-likeness (QED) is 0.755. The maximum absolute atomic E-state index is 10.1. The highest BCUT2D eigenvalue weighted by Crippen LogP contribution is 2.17. The van der Waals surface area contributed by atoms with Crippen LogP contribution in [0.2, 0.25) is 0 Å². The van der Waals surface area contributed by atoms with Crippen LogP contribution in [0, 0.1) is 0 Å². The third-order valence-corrected chi connectivity index (χ3v) is 3.37. The van der Waals surface area contributed by atoms with Gasteiger partial charge < -0.3 is 14.6 Å². The molecule has 0 spiro atoms. The van der Waals surface area contributed by atoms with E-state index in [1.807, 2.05) is 13.8 Å². The van der Waals surface area contributed by atoms with Crippen molar-refractivity contribution < 1.29 is 14.6 Å². The van der Waals surface area contributed by atoms with Crippen molar-refractivity contribution in [2.24, 2.45) is 0 Å². The maximum atomic E-state index is 10.1. The smallest absolute Gasteiger partial charge is 0.0900 e. The molecule has 0 aromatic rings. The van der Waals surface area contributed by atoms with E-state index in [-0.39, 0.29) is 6.10 Å². The molecule has 0 radical (unpaired) electrons. The summed E-state index contributed by atoms with van der Waals surface area (Å²) >= 11 is 0. The molecule has 0 aromatic carbocycles. The van der Waals surface area contributed by atoms with Gasteiger partial charge in [-0.15, -0.1) is 0 Å². The highest BCUT2D eigenvalue weighted by Gasteiger charge is 2.25. The summed E-state index contributed by atoms with van der Waals surface area (Å²) in [6, 6.07) is 0.981. The van der Waals surface area contributed by atoms with Crippen LogP contribution in [0.3, 0.4) is 0 Å². The molecule has 4 nitrogen and oxygen atoms in total. The molecule has 0 saturated carbocycles. The maximum Gasteiger partial charge on any atom is 0.0900 e. The average molecular weight is 259 g/mol. The molecule has 0 aromatic heterocycles. The number of nitrogens with zero attached hydrogens (tertiary/aromatic N) is 1. The van der Waals surface area contributed by atoms with Gasteiger partial charge in [-0.2, -0.15) is 0 Å². The largest absolute Gasteiger partial charge is 0.389 e. The number of rotatable bonds is 7. The van der Waals surface area contributed by atoms with Gasteiger partial charge in [0.25, 0.3) is 0 Å². The average Bonchev–Trinajstić information content (AvgIpc) is 2.34. The molecule has 0 amide bonds. The van der Waals surface area contributed by atoms with Crippen molar-refractivity contribution in [3.8, 4) is 0 Å². The second-order valence-corrected chi connectivity index (χ2v) is 5.67. The molecule has 1 N–H and O–H groups in total. The second kappa shape index (κ2) is 8.10. The van der Waals surface area contributed by atoms with Crippen molar-refractivity contribution in [2.75, 3.05) is 26.4 Å². The fourth-order valence-corrected chi connectivity index (χ4v) is 2.40. The zero-order valence-electron chi connectivity index (χ0n) is 12.3. The Labute approximate surface area is 111 Å². The highest BCUT2D eigenvalue weighted by molar-refractivity contribution is 4.79. The van der Waals surface area contributed by atoms with Crippen molar-refractivity contribution >= 4 is 0 Å². The molecule has 18 heavy (non-hydrogen) atoms. The van der Waals surface area contributed by atoms with E-state index in [2.05, 4.69) is 18.7 Å². The molecule has 1 unspecified atom stereocenters. The third-order valence-electron chi connectivity index (χ3n) is 3.37. The first-order valence-corrected chi connectivity index (χ1v) is 7.13. The predicted octanol–water partition coefficient (Wildman–Crippen LogP) is 1.66. The van der Waals surface area contributed by atoms with Crippen LogP contribution < -0.4 is 0 Å². The van der Waals surface area contributed by atoms with Gasteiger partial charge in [-0.1, -0.05) is 0 Å². The van der Waals surface area contributed by atoms with E-state index in [0.29, 0.717) is 25.2 Å². The summed E-state index contributed by atoms with van der Waals surface area (Å²) in [6.07, 6.45) is 1.90. The van der Waals surface area contributed by atoms with Crippen molar-refractivity contribution in [3.63, 3.8) is 0 Å². The van der Waals surface area contributed by atoms with Gasteiger partial charge in [0.1, 0.15) is 0 Å². The molecule has 0 aliphatic carbocycles. The van der Waals surface area contributed by atoms with Gasteiger partial charge in [0.05, 0.1) is 18.8 Å². The topological polar surface area (TPSA) is 41.9 Å². The number of hydrogen-bond acceptors (Lipinski definition) is 4. The summed E-state index contributed by atoms with van der Waals surface area (Å²) in [5, 5.41) is 10.1. The summed E-state index contributed by atoms with van der Waals surface area (Å²) in [7, 11) is 0. The first-order chi connectivity index (χ1) is 8.50. The Kier molecular flexibility index (Phi) is 7.15. The van der Waals surface area contributed by atoms with E-state index in [9.17, 15) is 5.11 Å². The van der Waals surface area contributed by atoms with Crippen LogP contribution in [0.4, 0.5) is 0 Å². The van der Waals surface area contributed by atoms with Crippen molar-refractivity contribution in [3.05, 3.63) is 0 Å². The normalized spacial score (nSPS) is 20.0. The molecule has 0 bridgehead atoms. The van der Waals surface area contributed by atoms with Gasteiger partial charge in [0, 0.05) is 31.8 Å². The van der Waals surface area contributed by atoms with Gasteiger partial charge in [-0.3, -0.25) is 4.90 Å². The fraction of sp³-hybridized carbons (Fsp3) is 1.00. The van der Waals surface area contributed by atoms with Crippen LogP contribution in [0.15, 0.2) is 0 Å². The number of ether oxygens (including phenoxy) is 2. The Morgan fingerprint density at radius 3 is 2.33 bits per heavy atom. The van der Waals surface area contributed by atoms with E-state index in [0.717, 1.165) is 26.1 Å². The Balaban J connectivity index is 2.41. The van der Waals surface area contributed by atoms with Gasteiger partial charge in [-0.05, 0) is 40.5 Å². The highest BCUT2D eigenvalue weighted by atomic mass is 16.5. The fourth-order valence-electron chi connectivity index (χ4n) is 2.40. The van der Waals surface area contributed by atoms with Crippen LogP contribution in [-0.4, -0.2) is 60.7 Å². The summed E-state index contributed by atoms with van der Waals surface area (Å²) < 4.78 is 10.9. The number of hydrogen-bond donors (Lipinski definition) is 1. The van der Waals surface area contributed by atoms with Gasteiger partial charge >= 0.3 is 0 Å². The summed E-state index contributed by atoms with van der Waals surface area (Å²) in [4.78, 5) is 2.39. The lowest BCUT2D eigenvalue weighted by Crippen LogP contribution is -2.48. The molecular weight excluding hydrogens is 230 g/mol. The van der Waals surface area contributed by atoms with Crippen LogP contribution in [0.25, 0.3) is 0 Å². The van der Waals surface area contributed by atoms with Crippen LogP contribution in [0.1, 0.15) is 40.5 Å². The first kappa shape index (κ1) is 15.9. The standard InChI is InChI=1S/C14H29NO3/c1-11(2)15(13-5-7-17-8-6-13)9-14(16)10-18-12(3)4/h11-14,16H,5-10H2,1-4H3. The van der Waals surface area contributed by atoms with E-state index in [1.165, 1.54) is 0 Å². The monoisotopic (exact) mass is 259 g/mol. The molecule has 108 valence electrons. The van der Waals surface area contributed by atoms with Gasteiger partial charge in [0.2, 0.25) is 0 Å². The number of aliphatic hydroxyl groups is 1. The predicted molar refractivity (Wildman–Crippen MR) is 72.8 cm³/mol. The third kappa shape index (κ3) is 5.65. The molecule has 1 fully saturated rings. The Hall–Kier alpha value is -0.160. The van der Waals surface area contributed by atoms with Gasteiger partial charge in [0.15, 0.2) is 0 Å². The van der Waals surface area contributed by atoms with E-state index >= 15 is 0 Å². The summed E-state index contributed by atoms with van der Waals surface area (Å²) in [6.45, 7) is 11.1. The minimum atomic E-state index is -0.405. The van der Waals surface area contributed by atoms with Crippen molar-refractivity contribution in [1.29, 1.82) is 0 Å². The first-order valence-electron chi connectivity index (χ1n) is 7.13. The zero-order chi connectivity index (χ0) is 13.5. The molecule has 1 aliphatic heterocycles. The lowest BCUT2D eigenvalue weighted by Gasteiger charge is -2.38. The van der Waals surface area contributed by atoms with E-state index in [4.69, 9.17) is 9.47 Å². The second-order valence-electron chi connectivity index (χ2n) is 5.67. The molecule has 1 aliphatic rings. The van der Waals surface area contributed by atoms with E-state index < -0.39 is 6.10 Å². The lowest BCUT2D eigenvalue weighted by atomic mass is 10.0. The van der Waals surface area contributed by atoms with Crippen LogP contribution in [0.5, 0.6) is 0 Å². The minimum Gasteiger partial charge on any atom is -0.389 e. The SMILES string of the molecule is CC(C)OCC(O)CN(C(C)C)C1CCOCC1. The summed E-state index contributed by atoms with van der Waals surface area (Å²) in [5.74, 6) is 0. The van der Waals surface area contributed by atoms with Crippen molar-refractivity contribution in [1.82, 2.24) is 4.90 Å². The molecule has 1 atom stereocenters.